The number of rotatable bonds is 5. The standard InChI is InChI=1S/C11H14O4S/c1-3-14-11(13)7-15-10(12)6-9-8(2)4-5-16-9/h4-5H,3,6-7H2,1-2H3. The fourth-order valence-corrected chi connectivity index (χ4v) is 2.00. The number of aryl methyl sites for hydroxylation is 1. The van der Waals surface area contributed by atoms with Gasteiger partial charge in [0.1, 0.15) is 0 Å². The van der Waals surface area contributed by atoms with Gasteiger partial charge in [0.15, 0.2) is 6.61 Å². The summed E-state index contributed by atoms with van der Waals surface area (Å²) in [4.78, 5) is 23.2. The minimum atomic E-state index is -0.515. The molecule has 1 heterocycles. The predicted molar refractivity (Wildman–Crippen MR) is 60.4 cm³/mol. The van der Waals surface area contributed by atoms with E-state index in [4.69, 9.17) is 4.74 Å². The van der Waals surface area contributed by atoms with Gasteiger partial charge in [-0.3, -0.25) is 4.79 Å². The molecule has 1 aromatic rings. The van der Waals surface area contributed by atoms with Gasteiger partial charge in [-0.15, -0.1) is 11.3 Å². The Hall–Kier alpha value is -1.36. The van der Waals surface area contributed by atoms with Crippen LogP contribution in [0.2, 0.25) is 0 Å². The molecule has 0 saturated carbocycles. The van der Waals surface area contributed by atoms with E-state index in [1.165, 1.54) is 11.3 Å². The van der Waals surface area contributed by atoms with Crippen molar-refractivity contribution in [2.24, 2.45) is 0 Å². The number of carbonyl (C=O) groups is 2. The lowest BCUT2D eigenvalue weighted by molar-refractivity contribution is -0.158. The van der Waals surface area contributed by atoms with Crippen LogP contribution in [0.15, 0.2) is 11.4 Å². The molecule has 0 aromatic carbocycles. The fraction of sp³-hybridized carbons (Fsp3) is 0.455. The zero-order valence-electron chi connectivity index (χ0n) is 9.32. The molecule has 0 radical (unpaired) electrons. The Kier molecular flexibility index (Phi) is 4.98. The first kappa shape index (κ1) is 12.7. The third-order valence-electron chi connectivity index (χ3n) is 1.93. The Morgan fingerprint density at radius 2 is 2.06 bits per heavy atom. The van der Waals surface area contributed by atoms with Crippen molar-refractivity contribution in [3.05, 3.63) is 21.9 Å². The quantitative estimate of drug-likeness (QED) is 0.737. The maximum Gasteiger partial charge on any atom is 0.344 e. The second kappa shape index (κ2) is 6.27. The van der Waals surface area contributed by atoms with Crippen LogP contribution in [0.3, 0.4) is 0 Å². The van der Waals surface area contributed by atoms with Crippen LogP contribution < -0.4 is 0 Å². The van der Waals surface area contributed by atoms with Gasteiger partial charge >= 0.3 is 11.9 Å². The normalized spacial score (nSPS) is 9.88. The first-order valence-corrected chi connectivity index (χ1v) is 5.85. The minimum absolute atomic E-state index is 0.211. The molecule has 0 fully saturated rings. The molecule has 0 aliphatic rings. The van der Waals surface area contributed by atoms with Crippen molar-refractivity contribution in [1.82, 2.24) is 0 Å². The van der Waals surface area contributed by atoms with E-state index in [0.29, 0.717) is 6.61 Å². The van der Waals surface area contributed by atoms with E-state index in [-0.39, 0.29) is 13.0 Å². The van der Waals surface area contributed by atoms with Crippen molar-refractivity contribution in [2.45, 2.75) is 20.3 Å². The maximum absolute atomic E-state index is 11.3. The lowest BCUT2D eigenvalue weighted by Crippen LogP contribution is -2.17. The highest BCUT2D eigenvalue weighted by molar-refractivity contribution is 7.10. The van der Waals surface area contributed by atoms with Crippen LogP contribution in [0.4, 0.5) is 0 Å². The zero-order chi connectivity index (χ0) is 12.0. The zero-order valence-corrected chi connectivity index (χ0v) is 10.1. The largest absolute Gasteiger partial charge is 0.463 e. The van der Waals surface area contributed by atoms with E-state index in [1.807, 2.05) is 18.4 Å². The highest BCUT2D eigenvalue weighted by Gasteiger charge is 2.11. The molecule has 88 valence electrons. The second-order valence-electron chi connectivity index (χ2n) is 3.17. The van der Waals surface area contributed by atoms with Gasteiger partial charge in [0.25, 0.3) is 0 Å². The summed E-state index contributed by atoms with van der Waals surface area (Å²) in [6, 6.07) is 1.94. The Labute approximate surface area is 98.2 Å². The number of hydrogen-bond donors (Lipinski definition) is 0. The van der Waals surface area contributed by atoms with Gasteiger partial charge in [-0.25, -0.2) is 4.79 Å². The molecule has 1 aromatic heterocycles. The molecule has 0 aliphatic carbocycles. The van der Waals surface area contributed by atoms with Gasteiger partial charge in [0.2, 0.25) is 0 Å². The summed E-state index contributed by atoms with van der Waals surface area (Å²) in [5.74, 6) is -0.919. The molecule has 0 aliphatic heterocycles. The summed E-state index contributed by atoms with van der Waals surface area (Å²) in [6.07, 6.45) is 0.211. The monoisotopic (exact) mass is 242 g/mol. The van der Waals surface area contributed by atoms with Crippen molar-refractivity contribution in [1.29, 1.82) is 0 Å². The number of ether oxygens (including phenoxy) is 2. The van der Waals surface area contributed by atoms with Gasteiger partial charge in [-0.2, -0.15) is 0 Å². The molecule has 1 rings (SSSR count). The van der Waals surface area contributed by atoms with Crippen LogP contribution in [-0.4, -0.2) is 25.2 Å². The van der Waals surface area contributed by atoms with Crippen LogP contribution in [0, 0.1) is 6.92 Å². The van der Waals surface area contributed by atoms with Crippen molar-refractivity contribution in [3.63, 3.8) is 0 Å². The van der Waals surface area contributed by atoms with Gasteiger partial charge in [0.05, 0.1) is 13.0 Å². The number of thiophene rings is 1. The molecular weight excluding hydrogens is 228 g/mol. The topological polar surface area (TPSA) is 52.6 Å². The van der Waals surface area contributed by atoms with Gasteiger partial charge < -0.3 is 9.47 Å². The Balaban J connectivity index is 2.32. The Morgan fingerprint density at radius 1 is 1.31 bits per heavy atom. The van der Waals surface area contributed by atoms with Crippen LogP contribution in [0.5, 0.6) is 0 Å². The molecule has 0 atom stereocenters. The first-order valence-electron chi connectivity index (χ1n) is 4.97. The summed E-state index contributed by atoms with van der Waals surface area (Å²) in [5, 5.41) is 1.92. The maximum atomic E-state index is 11.3. The molecular formula is C11H14O4S. The fourth-order valence-electron chi connectivity index (χ4n) is 1.11. The van der Waals surface area contributed by atoms with Crippen molar-refractivity contribution in [3.8, 4) is 0 Å². The van der Waals surface area contributed by atoms with Crippen molar-refractivity contribution in [2.75, 3.05) is 13.2 Å². The second-order valence-corrected chi connectivity index (χ2v) is 4.17. The first-order chi connectivity index (χ1) is 7.63. The molecule has 0 unspecified atom stereocenters. The van der Waals surface area contributed by atoms with E-state index in [1.54, 1.807) is 6.92 Å². The molecule has 0 N–H and O–H groups in total. The van der Waals surface area contributed by atoms with Gasteiger partial charge in [0, 0.05) is 4.88 Å². The summed E-state index contributed by atoms with van der Waals surface area (Å²) in [5.41, 5.74) is 1.07. The third kappa shape index (κ3) is 4.02. The average molecular weight is 242 g/mol. The SMILES string of the molecule is CCOC(=O)COC(=O)Cc1sccc1C. The molecule has 0 saturated heterocycles. The molecule has 0 amide bonds. The molecule has 5 heteroatoms. The molecule has 0 bridgehead atoms. The highest BCUT2D eigenvalue weighted by atomic mass is 32.1. The Bertz CT molecular complexity index is 370. The molecule has 16 heavy (non-hydrogen) atoms. The summed E-state index contributed by atoms with van der Waals surface area (Å²) >= 11 is 1.51. The average Bonchev–Trinajstić information content (AvgIpc) is 2.62. The molecule has 0 spiro atoms. The smallest absolute Gasteiger partial charge is 0.344 e. The van der Waals surface area contributed by atoms with Crippen molar-refractivity contribution >= 4 is 23.3 Å². The summed E-state index contributed by atoms with van der Waals surface area (Å²) < 4.78 is 9.42. The number of hydrogen-bond acceptors (Lipinski definition) is 5. The number of carbonyl (C=O) groups excluding carboxylic acids is 2. The van der Waals surface area contributed by atoms with Crippen LogP contribution in [0.1, 0.15) is 17.4 Å². The van der Waals surface area contributed by atoms with Gasteiger partial charge in [-0.05, 0) is 30.9 Å². The summed E-state index contributed by atoms with van der Waals surface area (Å²) in [6.45, 7) is 3.62. The van der Waals surface area contributed by atoms with E-state index in [0.717, 1.165) is 10.4 Å². The predicted octanol–water partition coefficient (Wildman–Crippen LogP) is 1.71. The van der Waals surface area contributed by atoms with E-state index in [2.05, 4.69) is 4.74 Å². The lowest BCUT2D eigenvalue weighted by atomic mass is 10.2. The van der Waals surface area contributed by atoms with Crippen LogP contribution >= 0.6 is 11.3 Å². The molecule has 4 nitrogen and oxygen atoms in total. The lowest BCUT2D eigenvalue weighted by Gasteiger charge is -2.04. The van der Waals surface area contributed by atoms with E-state index >= 15 is 0 Å². The minimum Gasteiger partial charge on any atom is -0.463 e. The third-order valence-corrected chi connectivity index (χ3v) is 2.95. The van der Waals surface area contributed by atoms with Crippen LogP contribution in [0.25, 0.3) is 0 Å². The van der Waals surface area contributed by atoms with Gasteiger partial charge in [-0.1, -0.05) is 0 Å². The van der Waals surface area contributed by atoms with E-state index < -0.39 is 11.9 Å². The highest BCUT2D eigenvalue weighted by Crippen LogP contribution is 2.16. The van der Waals surface area contributed by atoms with Crippen LogP contribution in [-0.2, 0) is 25.5 Å². The Morgan fingerprint density at radius 3 is 2.62 bits per heavy atom. The number of esters is 2. The van der Waals surface area contributed by atoms with E-state index in [9.17, 15) is 9.59 Å². The van der Waals surface area contributed by atoms with Crippen molar-refractivity contribution < 1.29 is 19.1 Å². The summed E-state index contributed by atoms with van der Waals surface area (Å²) in [7, 11) is 0.